The molecule has 2 N–H and O–H groups in total. The van der Waals surface area contributed by atoms with Crippen LogP contribution in [0.2, 0.25) is 0 Å². The van der Waals surface area contributed by atoms with Gasteiger partial charge in [0.05, 0.1) is 35.7 Å². The number of aromatic amines is 1. The summed E-state index contributed by atoms with van der Waals surface area (Å²) < 4.78 is 75.1. The molecule has 4 aromatic heterocycles. The van der Waals surface area contributed by atoms with Gasteiger partial charge in [0, 0.05) is 19.3 Å². The van der Waals surface area contributed by atoms with Crippen LogP contribution in [0.4, 0.5) is 24.8 Å². The number of hydrogen-bond donors (Lipinski definition) is 2. The summed E-state index contributed by atoms with van der Waals surface area (Å²) in [6, 6.07) is 3.01. The highest BCUT2D eigenvalue weighted by Gasteiger charge is 2.66. The molecular weight excluding hydrogens is 577 g/mol. The fourth-order valence-corrected chi connectivity index (χ4v) is 6.95. The molecule has 13 nitrogen and oxygen atoms in total. The topological polar surface area (TPSA) is 148 Å². The molecule has 224 valence electrons. The van der Waals surface area contributed by atoms with E-state index in [-0.39, 0.29) is 23.5 Å². The van der Waals surface area contributed by atoms with E-state index in [0.29, 0.717) is 49.8 Å². The van der Waals surface area contributed by atoms with Crippen LogP contribution in [-0.4, -0.2) is 73.4 Å². The number of fused-ring (bicyclic) bond motifs is 2. The van der Waals surface area contributed by atoms with E-state index in [9.17, 15) is 21.6 Å². The maximum absolute atomic E-state index is 13.1. The number of pyridine rings is 1. The van der Waals surface area contributed by atoms with E-state index in [1.807, 2.05) is 26.1 Å². The van der Waals surface area contributed by atoms with Crippen molar-refractivity contribution < 1.29 is 26.3 Å². The second kappa shape index (κ2) is 8.89. The Morgan fingerprint density at radius 2 is 2.07 bits per heavy atom. The van der Waals surface area contributed by atoms with E-state index in [2.05, 4.69) is 29.9 Å². The molecule has 4 fully saturated rings. The summed E-state index contributed by atoms with van der Waals surface area (Å²) in [7, 11) is -3.52. The third kappa shape index (κ3) is 4.15. The third-order valence-electron chi connectivity index (χ3n) is 8.75. The zero-order valence-corrected chi connectivity index (χ0v) is 23.9. The van der Waals surface area contributed by atoms with Crippen molar-refractivity contribution in [1.82, 2.24) is 39.6 Å². The zero-order chi connectivity index (χ0) is 29.7. The van der Waals surface area contributed by atoms with Gasteiger partial charge in [0.1, 0.15) is 11.4 Å². The van der Waals surface area contributed by atoms with Crippen molar-refractivity contribution in [2.75, 3.05) is 35.1 Å². The zero-order valence-electron chi connectivity index (χ0n) is 23.1. The Kier molecular flexibility index (Phi) is 5.74. The predicted molar refractivity (Wildman–Crippen MR) is 143 cm³/mol. The van der Waals surface area contributed by atoms with Gasteiger partial charge in [-0.15, -0.1) is 10.2 Å². The second-order valence-electron chi connectivity index (χ2n) is 11.6. The number of anilines is 2. The molecule has 0 spiro atoms. The fraction of sp³-hybridized carbons (Fsp3) is 0.560. The molecule has 8 rings (SSSR count). The van der Waals surface area contributed by atoms with Crippen LogP contribution < -0.4 is 9.62 Å². The molecule has 4 aliphatic rings. The Balaban J connectivity index is 1.15. The number of halogens is 3. The Labute approximate surface area is 238 Å². The van der Waals surface area contributed by atoms with Gasteiger partial charge in [-0.05, 0) is 57.2 Å². The molecular formula is C25H29F3N10O3S. The van der Waals surface area contributed by atoms with Crippen molar-refractivity contribution >= 4 is 27.3 Å². The number of nitrogens with one attached hydrogen (secondary N) is 2. The SMILES string of the molecule is CCS(=O)(=O)Nc1n[nH]c(C2C3COC2(c2nc4c(C)cc(N5CC[C@@](C)(n6ccc(C(F)(F)F)n6)C5)cn4n2)C3)n1. The monoisotopic (exact) mass is 606 g/mol. The maximum atomic E-state index is 13.1. The first kappa shape index (κ1) is 27.1. The van der Waals surface area contributed by atoms with Gasteiger partial charge in [-0.25, -0.2) is 22.6 Å². The minimum Gasteiger partial charge on any atom is -0.368 e. The standard InChI is InChI=1S/C25H29F3N10O3S/c1-4-42(39,40)35-22-29-19(31-32-22)18-15-10-24(18,41-12-15)21-30-20-14(2)9-16(11-37(20)34-21)36-8-6-23(3,13-36)38-7-5-17(33-38)25(26,27)28/h5,7,9,11,15,18H,4,6,8,10,12-13H2,1-3H3,(H2,29,31,32,35)/t15?,18?,23-,24?/m1/s1. The molecule has 2 bridgehead atoms. The Hall–Kier alpha value is -3.73. The van der Waals surface area contributed by atoms with Crippen molar-refractivity contribution in [3.63, 3.8) is 0 Å². The lowest BCUT2D eigenvalue weighted by Crippen LogP contribution is -2.44. The van der Waals surface area contributed by atoms with Gasteiger partial charge < -0.3 is 9.64 Å². The predicted octanol–water partition coefficient (Wildman–Crippen LogP) is 2.79. The Morgan fingerprint density at radius 3 is 2.79 bits per heavy atom. The third-order valence-corrected chi connectivity index (χ3v) is 10.0. The summed E-state index contributed by atoms with van der Waals surface area (Å²) in [5.74, 6) is 0.866. The number of aromatic nitrogens is 8. The summed E-state index contributed by atoms with van der Waals surface area (Å²) in [5, 5.41) is 15.5. The summed E-state index contributed by atoms with van der Waals surface area (Å²) in [6.07, 6.45) is 0.101. The van der Waals surface area contributed by atoms with Crippen LogP contribution in [0.3, 0.4) is 0 Å². The highest BCUT2D eigenvalue weighted by molar-refractivity contribution is 7.92. The lowest BCUT2D eigenvalue weighted by molar-refractivity contribution is -0.141. The van der Waals surface area contributed by atoms with Crippen LogP contribution in [0, 0.1) is 12.8 Å². The summed E-state index contributed by atoms with van der Waals surface area (Å²) in [5.41, 5.74) is 0.107. The van der Waals surface area contributed by atoms with E-state index in [1.54, 1.807) is 4.52 Å². The van der Waals surface area contributed by atoms with Gasteiger partial charge in [-0.2, -0.15) is 23.3 Å². The number of aryl methyl sites for hydroxylation is 1. The highest BCUT2D eigenvalue weighted by atomic mass is 32.2. The molecule has 0 radical (unpaired) electrons. The minimum atomic E-state index is -4.49. The molecule has 4 atom stereocenters. The molecule has 1 saturated carbocycles. The van der Waals surface area contributed by atoms with Crippen LogP contribution in [-0.2, 0) is 32.1 Å². The van der Waals surface area contributed by atoms with E-state index in [1.165, 1.54) is 17.8 Å². The van der Waals surface area contributed by atoms with Crippen molar-refractivity contribution in [1.29, 1.82) is 0 Å². The fourth-order valence-electron chi connectivity index (χ4n) is 6.44. The van der Waals surface area contributed by atoms with Gasteiger partial charge in [-0.3, -0.25) is 9.78 Å². The number of sulfonamides is 1. The van der Waals surface area contributed by atoms with Crippen LogP contribution in [0.25, 0.3) is 5.65 Å². The first-order valence-corrected chi connectivity index (χ1v) is 15.3. The first-order valence-electron chi connectivity index (χ1n) is 13.6. The quantitative estimate of drug-likeness (QED) is 0.324. The number of hydrogen-bond acceptors (Lipinski definition) is 9. The number of nitrogens with zero attached hydrogens (tertiary/aromatic N) is 8. The lowest BCUT2D eigenvalue weighted by Gasteiger charge is -2.41. The van der Waals surface area contributed by atoms with Crippen molar-refractivity contribution in [2.45, 2.75) is 56.8 Å². The molecule has 1 aliphatic carbocycles. The Morgan fingerprint density at radius 1 is 1.26 bits per heavy atom. The van der Waals surface area contributed by atoms with Gasteiger partial charge >= 0.3 is 6.18 Å². The average Bonchev–Trinajstić information content (AvgIpc) is 3.74. The van der Waals surface area contributed by atoms with E-state index in [4.69, 9.17) is 14.8 Å². The molecule has 42 heavy (non-hydrogen) atoms. The molecule has 3 unspecified atom stereocenters. The largest absolute Gasteiger partial charge is 0.435 e. The van der Waals surface area contributed by atoms with Crippen LogP contribution in [0.1, 0.15) is 55.5 Å². The molecule has 17 heteroatoms. The van der Waals surface area contributed by atoms with E-state index < -0.39 is 33.0 Å². The lowest BCUT2D eigenvalue weighted by atomic mass is 9.63. The van der Waals surface area contributed by atoms with Crippen molar-refractivity contribution in [2.24, 2.45) is 5.92 Å². The van der Waals surface area contributed by atoms with Crippen LogP contribution >= 0.6 is 0 Å². The van der Waals surface area contributed by atoms with Crippen molar-refractivity contribution in [3.8, 4) is 0 Å². The number of rotatable bonds is 7. The second-order valence-corrected chi connectivity index (χ2v) is 13.6. The number of H-pyrrole nitrogens is 1. The summed E-state index contributed by atoms with van der Waals surface area (Å²) in [4.78, 5) is 11.3. The molecule has 4 aromatic rings. The first-order chi connectivity index (χ1) is 19.8. The summed E-state index contributed by atoms with van der Waals surface area (Å²) >= 11 is 0. The van der Waals surface area contributed by atoms with Crippen LogP contribution in [0.5, 0.6) is 0 Å². The minimum absolute atomic E-state index is 0.0147. The van der Waals surface area contributed by atoms with Gasteiger partial charge in [-0.1, -0.05) is 0 Å². The van der Waals surface area contributed by atoms with E-state index >= 15 is 0 Å². The average molecular weight is 607 g/mol. The molecule has 0 aromatic carbocycles. The Bertz CT molecular complexity index is 1800. The van der Waals surface area contributed by atoms with Gasteiger partial charge in [0.25, 0.3) is 5.95 Å². The normalized spacial score (nSPS) is 27.6. The van der Waals surface area contributed by atoms with Crippen LogP contribution in [0.15, 0.2) is 24.5 Å². The maximum Gasteiger partial charge on any atom is 0.435 e. The number of ether oxygens (including phenoxy) is 1. The molecule has 7 heterocycles. The van der Waals surface area contributed by atoms with Crippen molar-refractivity contribution in [3.05, 3.63) is 47.4 Å². The van der Waals surface area contributed by atoms with Gasteiger partial charge in [0.2, 0.25) is 10.0 Å². The molecule has 0 amide bonds. The van der Waals surface area contributed by atoms with Gasteiger partial charge in [0.15, 0.2) is 17.2 Å². The smallest absolute Gasteiger partial charge is 0.368 e. The van der Waals surface area contributed by atoms with E-state index in [0.717, 1.165) is 17.3 Å². The summed E-state index contributed by atoms with van der Waals surface area (Å²) in [6.45, 7) is 6.98. The molecule has 3 aliphatic heterocycles. The highest BCUT2D eigenvalue weighted by Crippen LogP contribution is 2.63. The number of alkyl halides is 3. The molecule has 3 saturated heterocycles.